The molecule has 0 bridgehead atoms. The standard InChI is InChI=1S/C14H22N4O2S/c1-20-9-10-4-7-18(8-10)13(19)11-12(15)16-14(21-11)17-5-2-3-6-17/h10H,2-9,15H2,1H3. The third-order valence-electron chi connectivity index (χ3n) is 4.19. The Hall–Kier alpha value is -1.34. The second kappa shape index (κ2) is 6.19. The van der Waals surface area contributed by atoms with Gasteiger partial charge in [-0.1, -0.05) is 11.3 Å². The molecule has 6 nitrogen and oxygen atoms in total. The molecule has 1 atom stereocenters. The third kappa shape index (κ3) is 2.98. The first-order valence-electron chi connectivity index (χ1n) is 7.48. The van der Waals surface area contributed by atoms with E-state index < -0.39 is 0 Å². The summed E-state index contributed by atoms with van der Waals surface area (Å²) in [6.07, 6.45) is 3.37. The van der Waals surface area contributed by atoms with E-state index in [-0.39, 0.29) is 5.91 Å². The van der Waals surface area contributed by atoms with Crippen molar-refractivity contribution in [2.24, 2.45) is 5.92 Å². The Kier molecular flexibility index (Phi) is 4.30. The maximum absolute atomic E-state index is 12.6. The van der Waals surface area contributed by atoms with Crippen molar-refractivity contribution in [2.45, 2.75) is 19.3 Å². The van der Waals surface area contributed by atoms with E-state index in [4.69, 9.17) is 10.5 Å². The number of hydrogen-bond acceptors (Lipinski definition) is 6. The number of aromatic nitrogens is 1. The first-order valence-corrected chi connectivity index (χ1v) is 8.30. The van der Waals surface area contributed by atoms with Crippen LogP contribution in [-0.2, 0) is 4.74 Å². The summed E-state index contributed by atoms with van der Waals surface area (Å²) in [6, 6.07) is 0. The molecule has 2 aliphatic heterocycles. The molecule has 2 N–H and O–H groups in total. The van der Waals surface area contributed by atoms with Crippen molar-refractivity contribution in [1.29, 1.82) is 0 Å². The van der Waals surface area contributed by atoms with E-state index in [2.05, 4.69) is 9.88 Å². The summed E-state index contributed by atoms with van der Waals surface area (Å²) in [6.45, 7) is 4.27. The van der Waals surface area contributed by atoms with Gasteiger partial charge in [-0.3, -0.25) is 4.79 Å². The van der Waals surface area contributed by atoms with Crippen LogP contribution in [0.2, 0.25) is 0 Å². The smallest absolute Gasteiger partial charge is 0.267 e. The van der Waals surface area contributed by atoms with Crippen molar-refractivity contribution in [3.63, 3.8) is 0 Å². The number of nitrogen functional groups attached to an aromatic ring is 1. The van der Waals surface area contributed by atoms with Crippen LogP contribution in [0.4, 0.5) is 10.9 Å². The molecule has 2 saturated heterocycles. The Morgan fingerprint density at radius 2 is 2.19 bits per heavy atom. The predicted octanol–water partition coefficient (Wildman–Crippen LogP) is 1.43. The molecule has 0 spiro atoms. The number of likely N-dealkylation sites (tertiary alicyclic amines) is 1. The summed E-state index contributed by atoms with van der Waals surface area (Å²) in [5, 5.41) is 0.890. The van der Waals surface area contributed by atoms with Crippen molar-refractivity contribution in [3.05, 3.63) is 4.88 Å². The molecule has 116 valence electrons. The van der Waals surface area contributed by atoms with Crippen molar-refractivity contribution in [1.82, 2.24) is 9.88 Å². The second-order valence-electron chi connectivity index (χ2n) is 5.77. The SMILES string of the molecule is COCC1CCN(C(=O)c2sc(N3CCCC3)nc2N)C1. The normalized spacial score (nSPS) is 22.2. The molecule has 1 amide bonds. The van der Waals surface area contributed by atoms with Gasteiger partial charge in [0, 0.05) is 39.2 Å². The summed E-state index contributed by atoms with van der Waals surface area (Å²) < 4.78 is 5.18. The van der Waals surface area contributed by atoms with E-state index in [1.54, 1.807) is 7.11 Å². The lowest BCUT2D eigenvalue weighted by molar-refractivity contribution is 0.0781. The van der Waals surface area contributed by atoms with E-state index in [9.17, 15) is 4.79 Å². The number of nitrogens with zero attached hydrogens (tertiary/aromatic N) is 3. The van der Waals surface area contributed by atoms with E-state index in [1.165, 1.54) is 24.2 Å². The first kappa shape index (κ1) is 14.6. The fourth-order valence-corrected chi connectivity index (χ4v) is 4.05. The highest BCUT2D eigenvalue weighted by Gasteiger charge is 2.30. The number of rotatable bonds is 4. The molecule has 0 saturated carbocycles. The largest absolute Gasteiger partial charge is 0.384 e. The van der Waals surface area contributed by atoms with E-state index in [1.807, 2.05) is 4.90 Å². The number of anilines is 2. The zero-order valence-electron chi connectivity index (χ0n) is 12.4. The van der Waals surface area contributed by atoms with Crippen LogP contribution in [0, 0.1) is 5.92 Å². The summed E-state index contributed by atoms with van der Waals surface area (Å²) in [7, 11) is 1.70. The molecule has 2 fully saturated rings. The Bertz CT molecular complexity index is 513. The summed E-state index contributed by atoms with van der Waals surface area (Å²) in [5.74, 6) is 0.835. The van der Waals surface area contributed by atoms with Gasteiger partial charge in [0.05, 0.1) is 6.61 Å². The average molecular weight is 310 g/mol. The fraction of sp³-hybridized carbons (Fsp3) is 0.714. The fourth-order valence-electron chi connectivity index (χ4n) is 3.05. The van der Waals surface area contributed by atoms with E-state index in [0.717, 1.165) is 37.7 Å². The molecular weight excluding hydrogens is 288 g/mol. The lowest BCUT2D eigenvalue weighted by Crippen LogP contribution is -2.29. The number of amides is 1. The minimum absolute atomic E-state index is 0.0223. The molecule has 7 heteroatoms. The molecule has 1 aromatic heterocycles. The van der Waals surface area contributed by atoms with Gasteiger partial charge in [-0.05, 0) is 19.3 Å². The topological polar surface area (TPSA) is 71.7 Å². The minimum Gasteiger partial charge on any atom is -0.384 e. The van der Waals surface area contributed by atoms with Gasteiger partial charge >= 0.3 is 0 Å². The van der Waals surface area contributed by atoms with E-state index >= 15 is 0 Å². The van der Waals surface area contributed by atoms with Gasteiger partial charge in [-0.15, -0.1) is 0 Å². The minimum atomic E-state index is 0.0223. The van der Waals surface area contributed by atoms with Crippen molar-refractivity contribution >= 4 is 28.2 Å². The van der Waals surface area contributed by atoms with Gasteiger partial charge in [0.1, 0.15) is 10.7 Å². The monoisotopic (exact) mass is 310 g/mol. The molecular formula is C14H22N4O2S. The van der Waals surface area contributed by atoms with Gasteiger partial charge in [0.25, 0.3) is 5.91 Å². The van der Waals surface area contributed by atoms with Crippen molar-refractivity contribution in [2.75, 3.05) is 50.5 Å². The average Bonchev–Trinajstić information content (AvgIpc) is 3.17. The van der Waals surface area contributed by atoms with Crippen LogP contribution in [0.5, 0.6) is 0 Å². The van der Waals surface area contributed by atoms with E-state index in [0.29, 0.717) is 23.2 Å². The lowest BCUT2D eigenvalue weighted by atomic mass is 10.1. The highest BCUT2D eigenvalue weighted by Crippen LogP contribution is 2.32. The molecule has 1 unspecified atom stereocenters. The van der Waals surface area contributed by atoms with Crippen molar-refractivity contribution in [3.8, 4) is 0 Å². The van der Waals surface area contributed by atoms with Crippen LogP contribution < -0.4 is 10.6 Å². The quantitative estimate of drug-likeness (QED) is 0.911. The zero-order chi connectivity index (χ0) is 14.8. The van der Waals surface area contributed by atoms with Gasteiger partial charge in [-0.2, -0.15) is 0 Å². The van der Waals surface area contributed by atoms with Gasteiger partial charge in [0.15, 0.2) is 5.13 Å². The van der Waals surface area contributed by atoms with Crippen LogP contribution in [0.3, 0.4) is 0 Å². The molecule has 0 aromatic carbocycles. The van der Waals surface area contributed by atoms with Crippen LogP contribution in [0.25, 0.3) is 0 Å². The number of thiazole rings is 1. The van der Waals surface area contributed by atoms with Crippen LogP contribution >= 0.6 is 11.3 Å². The predicted molar refractivity (Wildman–Crippen MR) is 83.9 cm³/mol. The molecule has 0 radical (unpaired) electrons. The highest BCUT2D eigenvalue weighted by molar-refractivity contribution is 7.18. The highest BCUT2D eigenvalue weighted by atomic mass is 32.1. The number of carbonyl (C=O) groups is 1. The van der Waals surface area contributed by atoms with Crippen molar-refractivity contribution < 1.29 is 9.53 Å². The Morgan fingerprint density at radius 3 is 2.90 bits per heavy atom. The summed E-state index contributed by atoms with van der Waals surface area (Å²) in [5.41, 5.74) is 5.97. The maximum Gasteiger partial charge on any atom is 0.267 e. The summed E-state index contributed by atoms with van der Waals surface area (Å²) >= 11 is 1.43. The number of nitrogens with two attached hydrogens (primary N) is 1. The molecule has 1 aromatic rings. The molecule has 3 heterocycles. The number of ether oxygens (including phenoxy) is 1. The number of methoxy groups -OCH3 is 1. The van der Waals surface area contributed by atoms with Crippen LogP contribution in [0.15, 0.2) is 0 Å². The molecule has 2 aliphatic rings. The molecule has 3 rings (SSSR count). The van der Waals surface area contributed by atoms with Gasteiger partial charge < -0.3 is 20.3 Å². The van der Waals surface area contributed by atoms with Crippen LogP contribution in [-0.4, -0.2) is 55.7 Å². The molecule has 0 aliphatic carbocycles. The Morgan fingerprint density at radius 1 is 1.43 bits per heavy atom. The molecule has 21 heavy (non-hydrogen) atoms. The maximum atomic E-state index is 12.6. The zero-order valence-corrected chi connectivity index (χ0v) is 13.2. The van der Waals surface area contributed by atoms with Crippen LogP contribution in [0.1, 0.15) is 28.9 Å². The summed E-state index contributed by atoms with van der Waals surface area (Å²) in [4.78, 5) is 21.7. The van der Waals surface area contributed by atoms with Gasteiger partial charge in [-0.25, -0.2) is 4.98 Å². The Labute approximate surface area is 128 Å². The third-order valence-corrected chi connectivity index (χ3v) is 5.31. The number of carbonyl (C=O) groups excluding carboxylic acids is 1. The number of hydrogen-bond donors (Lipinski definition) is 1. The second-order valence-corrected chi connectivity index (χ2v) is 6.74. The van der Waals surface area contributed by atoms with Gasteiger partial charge in [0.2, 0.25) is 0 Å². The Balaban J connectivity index is 1.70. The lowest BCUT2D eigenvalue weighted by Gasteiger charge is -2.15. The first-order chi connectivity index (χ1) is 10.2.